The van der Waals surface area contributed by atoms with E-state index in [9.17, 15) is 9.59 Å². The average Bonchev–Trinajstić information content (AvgIpc) is 2.74. The topological polar surface area (TPSA) is 81.3 Å². The molecule has 0 bridgehead atoms. The number of nitrogens with zero attached hydrogens (tertiary/aromatic N) is 3. The second-order valence-corrected chi connectivity index (χ2v) is 7.53. The molecule has 1 amide bonds. The van der Waals surface area contributed by atoms with Crippen LogP contribution in [0.15, 0.2) is 59.4 Å². The van der Waals surface area contributed by atoms with Crippen molar-refractivity contribution in [2.45, 2.75) is 19.5 Å². The predicted octanol–water partition coefficient (Wildman–Crippen LogP) is 2.16. The van der Waals surface area contributed by atoms with Gasteiger partial charge in [0.25, 0.3) is 5.56 Å². The van der Waals surface area contributed by atoms with Gasteiger partial charge in [0.15, 0.2) is 0 Å². The first-order chi connectivity index (χ1) is 14.5. The Hall–Kier alpha value is -3.03. The second kappa shape index (κ2) is 10.1. The number of carbonyl (C=O) groups excluding carboxylic acids is 1. The van der Waals surface area contributed by atoms with E-state index in [1.165, 1.54) is 0 Å². The molecule has 0 radical (unpaired) electrons. The number of rotatable bonds is 9. The minimum Gasteiger partial charge on any atom is -0.353 e. The largest absolute Gasteiger partial charge is 0.353 e. The lowest BCUT2D eigenvalue weighted by molar-refractivity contribution is -0.122. The molecule has 0 spiro atoms. The second-order valence-electron chi connectivity index (χ2n) is 7.53. The summed E-state index contributed by atoms with van der Waals surface area (Å²) in [5.41, 5.74) is 1.66. The van der Waals surface area contributed by atoms with Crippen molar-refractivity contribution in [1.29, 1.82) is 0 Å². The van der Waals surface area contributed by atoms with Gasteiger partial charge in [0.2, 0.25) is 5.91 Å². The number of hydrogen-bond donors (Lipinski definition) is 2. The Labute approximate surface area is 176 Å². The van der Waals surface area contributed by atoms with Crippen molar-refractivity contribution >= 4 is 16.8 Å². The third-order valence-corrected chi connectivity index (χ3v) is 5.15. The molecule has 0 aliphatic carbocycles. The van der Waals surface area contributed by atoms with Gasteiger partial charge in [0.1, 0.15) is 5.82 Å². The van der Waals surface area contributed by atoms with E-state index in [0.29, 0.717) is 36.4 Å². The first kappa shape index (κ1) is 21.7. The summed E-state index contributed by atoms with van der Waals surface area (Å²) >= 11 is 0. The summed E-state index contributed by atoms with van der Waals surface area (Å²) in [7, 11) is 4.01. The van der Waals surface area contributed by atoms with Crippen molar-refractivity contribution in [3.05, 3.63) is 76.3 Å². The fraction of sp³-hybridized carbons (Fsp3) is 0.348. The van der Waals surface area contributed by atoms with Crippen LogP contribution in [0.1, 0.15) is 24.4 Å². The molecule has 7 heteroatoms. The maximum absolute atomic E-state index is 12.6. The Morgan fingerprint density at radius 2 is 1.80 bits per heavy atom. The van der Waals surface area contributed by atoms with Gasteiger partial charge >= 0.3 is 0 Å². The minimum absolute atomic E-state index is 0.0530. The zero-order valence-electron chi connectivity index (χ0n) is 17.8. The summed E-state index contributed by atoms with van der Waals surface area (Å²) in [6.07, 6.45) is 0. The zero-order valence-corrected chi connectivity index (χ0v) is 17.8. The summed E-state index contributed by atoms with van der Waals surface area (Å²) in [5.74, 6) is 0.506. The number of nitrogens with one attached hydrogen (secondary N) is 2. The lowest BCUT2D eigenvalue weighted by Crippen LogP contribution is -2.41. The normalized spacial score (nSPS) is 12.4. The number of likely N-dealkylation sites (N-methyl/N-ethyl adjacent to an activating group) is 2. The summed E-state index contributed by atoms with van der Waals surface area (Å²) in [6, 6.07) is 17.5. The molecule has 0 aliphatic rings. The number of benzene rings is 2. The standard InChI is InChI=1S/C23H29N5O2/c1-4-28(15-21-25-19-13-9-8-12-18(19)23(30)26-21)16-22(29)24-14-20(27(2)3)17-10-6-5-7-11-17/h5-13,20H,4,14-16H2,1-3H3,(H,24,29)(H,25,26,30). The van der Waals surface area contributed by atoms with Crippen molar-refractivity contribution < 1.29 is 4.79 Å². The Morgan fingerprint density at radius 3 is 2.50 bits per heavy atom. The van der Waals surface area contributed by atoms with E-state index in [0.717, 1.165) is 5.56 Å². The molecule has 1 unspecified atom stereocenters. The number of fused-ring (bicyclic) bond motifs is 1. The summed E-state index contributed by atoms with van der Waals surface area (Å²) in [6.45, 7) is 3.82. The van der Waals surface area contributed by atoms with Crippen molar-refractivity contribution in [2.75, 3.05) is 33.7 Å². The van der Waals surface area contributed by atoms with E-state index in [2.05, 4.69) is 32.3 Å². The van der Waals surface area contributed by atoms with Crippen LogP contribution in [0.4, 0.5) is 0 Å². The number of hydrogen-bond acceptors (Lipinski definition) is 5. The van der Waals surface area contributed by atoms with Crippen LogP contribution in [0.5, 0.6) is 0 Å². The number of aromatic nitrogens is 2. The van der Waals surface area contributed by atoms with Crippen LogP contribution in [0, 0.1) is 0 Å². The minimum atomic E-state index is -0.159. The van der Waals surface area contributed by atoms with Crippen LogP contribution in [0.2, 0.25) is 0 Å². The van der Waals surface area contributed by atoms with Gasteiger partial charge in [-0.05, 0) is 38.3 Å². The molecule has 2 aromatic carbocycles. The molecule has 0 fully saturated rings. The molecule has 158 valence electrons. The molecule has 0 aliphatic heterocycles. The fourth-order valence-corrected chi connectivity index (χ4v) is 3.44. The van der Waals surface area contributed by atoms with Crippen LogP contribution in [-0.2, 0) is 11.3 Å². The van der Waals surface area contributed by atoms with Crippen LogP contribution in [0.3, 0.4) is 0 Å². The predicted molar refractivity (Wildman–Crippen MR) is 119 cm³/mol. The number of carbonyl (C=O) groups is 1. The van der Waals surface area contributed by atoms with Crippen molar-refractivity contribution in [3.63, 3.8) is 0 Å². The van der Waals surface area contributed by atoms with E-state index in [-0.39, 0.29) is 24.1 Å². The lowest BCUT2D eigenvalue weighted by Gasteiger charge is -2.26. The highest BCUT2D eigenvalue weighted by atomic mass is 16.2. The molecule has 0 saturated heterocycles. The monoisotopic (exact) mass is 407 g/mol. The van der Waals surface area contributed by atoms with E-state index in [1.54, 1.807) is 6.07 Å². The molecule has 30 heavy (non-hydrogen) atoms. The lowest BCUT2D eigenvalue weighted by atomic mass is 10.1. The van der Waals surface area contributed by atoms with Crippen LogP contribution in [-0.4, -0.2) is 59.4 Å². The van der Waals surface area contributed by atoms with Gasteiger partial charge in [-0.3, -0.25) is 14.5 Å². The number of aromatic amines is 1. The van der Waals surface area contributed by atoms with Crippen LogP contribution in [0.25, 0.3) is 10.9 Å². The molecule has 1 aromatic heterocycles. The van der Waals surface area contributed by atoms with Gasteiger partial charge in [0.05, 0.1) is 30.0 Å². The van der Waals surface area contributed by atoms with E-state index >= 15 is 0 Å². The zero-order chi connectivity index (χ0) is 21.5. The van der Waals surface area contributed by atoms with Crippen LogP contribution >= 0.6 is 0 Å². The molecule has 3 rings (SSSR count). The van der Waals surface area contributed by atoms with Crippen molar-refractivity contribution in [2.24, 2.45) is 0 Å². The number of amides is 1. The number of para-hydroxylation sites is 1. The maximum Gasteiger partial charge on any atom is 0.258 e. The molecule has 7 nitrogen and oxygen atoms in total. The van der Waals surface area contributed by atoms with E-state index in [1.807, 2.05) is 62.3 Å². The highest BCUT2D eigenvalue weighted by Crippen LogP contribution is 2.16. The molecule has 1 atom stereocenters. The Bertz CT molecular complexity index is 1030. The smallest absolute Gasteiger partial charge is 0.258 e. The fourth-order valence-electron chi connectivity index (χ4n) is 3.44. The van der Waals surface area contributed by atoms with Gasteiger partial charge in [0, 0.05) is 6.54 Å². The Morgan fingerprint density at radius 1 is 1.10 bits per heavy atom. The van der Waals surface area contributed by atoms with Gasteiger partial charge in [-0.2, -0.15) is 0 Å². The highest BCUT2D eigenvalue weighted by molar-refractivity contribution is 5.78. The van der Waals surface area contributed by atoms with Crippen molar-refractivity contribution in [1.82, 2.24) is 25.1 Å². The van der Waals surface area contributed by atoms with E-state index in [4.69, 9.17) is 0 Å². The van der Waals surface area contributed by atoms with Crippen molar-refractivity contribution in [3.8, 4) is 0 Å². The highest BCUT2D eigenvalue weighted by Gasteiger charge is 2.17. The van der Waals surface area contributed by atoms with Gasteiger partial charge in [-0.1, -0.05) is 49.4 Å². The third kappa shape index (κ3) is 5.52. The molecule has 1 heterocycles. The molecule has 3 aromatic rings. The molecule has 0 saturated carbocycles. The van der Waals surface area contributed by atoms with Crippen LogP contribution < -0.4 is 10.9 Å². The first-order valence-electron chi connectivity index (χ1n) is 10.2. The molecular formula is C23H29N5O2. The SMILES string of the molecule is CCN(CC(=O)NCC(c1ccccc1)N(C)C)Cc1nc2ccccc2c(=O)[nH]1. The quantitative estimate of drug-likeness (QED) is 0.568. The van der Waals surface area contributed by atoms with E-state index < -0.39 is 0 Å². The maximum atomic E-state index is 12.6. The van der Waals surface area contributed by atoms with Gasteiger partial charge in [-0.15, -0.1) is 0 Å². The summed E-state index contributed by atoms with van der Waals surface area (Å²) < 4.78 is 0. The molecular weight excluding hydrogens is 378 g/mol. The summed E-state index contributed by atoms with van der Waals surface area (Å²) in [4.78, 5) is 36.3. The molecule has 2 N–H and O–H groups in total. The number of H-pyrrole nitrogens is 1. The summed E-state index contributed by atoms with van der Waals surface area (Å²) in [5, 5.41) is 3.61. The third-order valence-electron chi connectivity index (χ3n) is 5.15. The Kier molecular flexibility index (Phi) is 7.32. The van der Waals surface area contributed by atoms with Gasteiger partial charge in [-0.25, -0.2) is 4.98 Å². The average molecular weight is 408 g/mol. The Balaban J connectivity index is 1.61. The van der Waals surface area contributed by atoms with Gasteiger partial charge < -0.3 is 15.2 Å². The first-order valence-corrected chi connectivity index (χ1v) is 10.2.